The van der Waals surface area contributed by atoms with E-state index in [1.807, 2.05) is 91.0 Å². The van der Waals surface area contributed by atoms with Crippen LogP contribution in [-0.2, 0) is 29.6 Å². The molecule has 7 N–H and O–H groups in total. The second-order valence-electron chi connectivity index (χ2n) is 12.9. The van der Waals surface area contributed by atoms with Crippen molar-refractivity contribution in [3.63, 3.8) is 0 Å². The van der Waals surface area contributed by atoms with Crippen LogP contribution in [0.15, 0.2) is 118 Å². The molecule has 292 valence electrons. The third kappa shape index (κ3) is 7.91. The summed E-state index contributed by atoms with van der Waals surface area (Å²) in [5.41, 5.74) is 7.45. The summed E-state index contributed by atoms with van der Waals surface area (Å²) in [7, 11) is 0. The van der Waals surface area contributed by atoms with Gasteiger partial charge < -0.3 is 32.2 Å². The fourth-order valence-electron chi connectivity index (χ4n) is 6.32. The zero-order chi connectivity index (χ0) is 40.1. The molecule has 3 amide bonds. The highest BCUT2D eigenvalue weighted by molar-refractivity contribution is 8.01. The van der Waals surface area contributed by atoms with Crippen LogP contribution in [0, 0.1) is 5.92 Å². The summed E-state index contributed by atoms with van der Waals surface area (Å²) in [5, 5.41) is 33.1. The lowest BCUT2D eigenvalue weighted by atomic mass is 9.77. The topological polar surface area (TPSA) is 246 Å². The van der Waals surface area contributed by atoms with E-state index in [4.69, 9.17) is 21.4 Å². The van der Waals surface area contributed by atoms with Gasteiger partial charge in [-0.1, -0.05) is 120 Å². The number of benzene rings is 3. The molecule has 0 aliphatic carbocycles. The minimum absolute atomic E-state index is 0.127. The quantitative estimate of drug-likeness (QED) is 0.0240. The molecule has 7 rings (SSSR count). The maximum atomic E-state index is 14.1. The Morgan fingerprint density at radius 1 is 1.04 bits per heavy atom. The van der Waals surface area contributed by atoms with Gasteiger partial charge in [0, 0.05) is 16.9 Å². The molecule has 17 nitrogen and oxygen atoms in total. The number of nitrogens with zero attached hydrogens (tertiary/aromatic N) is 7. The molecule has 2 aliphatic heterocycles. The van der Waals surface area contributed by atoms with Crippen LogP contribution < -0.4 is 22.2 Å². The molecule has 20 heteroatoms. The molecule has 0 spiro atoms. The van der Waals surface area contributed by atoms with Crippen molar-refractivity contribution in [1.29, 1.82) is 0 Å². The van der Waals surface area contributed by atoms with Gasteiger partial charge in [0.15, 0.2) is 10.8 Å². The number of carbonyl (C=O) groups excluding carboxylic acids is 3. The lowest BCUT2D eigenvalue weighted by Gasteiger charge is -2.49. The first-order valence-corrected chi connectivity index (χ1v) is 20.3. The minimum Gasteiger partial charge on any atom is -0.477 e. The SMILES string of the molecule is CC(CO/N=C(\C(=O)N[C@@H]1C(=O)N2C(C(=O)O)=C(CSc3nnnn3N)CS[C@H]12)c1csc(NC(c2ccccc2)(c2ccccc2)c2ccccc2)n1)C(N)=O. The molecule has 0 bridgehead atoms. The number of hydrogen-bond donors (Lipinski definition) is 5. The van der Waals surface area contributed by atoms with Crippen molar-refractivity contribution in [1.82, 2.24) is 35.5 Å². The van der Waals surface area contributed by atoms with Gasteiger partial charge in [0.25, 0.3) is 11.8 Å². The van der Waals surface area contributed by atoms with Gasteiger partial charge in [-0.05, 0) is 32.7 Å². The highest BCUT2D eigenvalue weighted by Gasteiger charge is 2.54. The van der Waals surface area contributed by atoms with E-state index in [0.717, 1.165) is 38.1 Å². The number of fused-ring (bicyclic) bond motifs is 1. The Morgan fingerprint density at radius 3 is 2.19 bits per heavy atom. The molecule has 1 fully saturated rings. The second-order valence-corrected chi connectivity index (χ2v) is 15.8. The number of nitrogens with one attached hydrogen (secondary N) is 2. The van der Waals surface area contributed by atoms with Gasteiger partial charge in [0.1, 0.15) is 35.0 Å². The van der Waals surface area contributed by atoms with Crippen molar-refractivity contribution in [2.24, 2.45) is 16.8 Å². The summed E-state index contributed by atoms with van der Waals surface area (Å²) in [6, 6.07) is 28.6. The Kier molecular flexibility index (Phi) is 11.5. The highest BCUT2D eigenvalue weighted by atomic mass is 32.2. The smallest absolute Gasteiger partial charge is 0.352 e. The zero-order valence-electron chi connectivity index (χ0n) is 30.1. The van der Waals surface area contributed by atoms with Gasteiger partial charge >= 0.3 is 5.97 Å². The number of aromatic nitrogens is 5. The van der Waals surface area contributed by atoms with Crippen LogP contribution in [-0.4, -0.2) is 94.2 Å². The van der Waals surface area contributed by atoms with E-state index in [1.165, 1.54) is 23.1 Å². The number of carbonyl (C=O) groups is 4. The maximum Gasteiger partial charge on any atom is 0.352 e. The van der Waals surface area contributed by atoms with Gasteiger partial charge in [0.05, 0.1) is 5.92 Å². The number of carboxylic acids is 1. The standard InChI is InChI=1S/C37H35N11O6S3/c1-21(30(38)49)17-54-44-27(31(50)41-28-32(51)47-29(34(52)53)22(18-55-33(28)47)19-57-36-43-45-46-48(36)39)26-20-56-35(40-26)42-37(23-11-5-2-6-12-23,24-13-7-3-8-14-24)25-15-9-4-10-16-25/h2-16,20-21,28,33H,17-19,39H2,1H3,(H2,38,49)(H,40,42)(H,41,50)(H,52,53)/b44-27-/t21?,28-,33-/m1/s1. The fourth-order valence-corrected chi connectivity index (χ4v) is 9.35. The third-order valence-electron chi connectivity index (χ3n) is 9.22. The van der Waals surface area contributed by atoms with Gasteiger partial charge in [-0.15, -0.1) is 27.9 Å². The van der Waals surface area contributed by atoms with Crippen LogP contribution in [0.2, 0.25) is 0 Å². The lowest BCUT2D eigenvalue weighted by molar-refractivity contribution is -0.150. The number of nitrogen functional groups attached to an aromatic ring is 1. The van der Waals surface area contributed by atoms with Crippen LogP contribution in [0.5, 0.6) is 0 Å². The Morgan fingerprint density at radius 2 is 1.65 bits per heavy atom. The average molecular weight is 826 g/mol. The maximum absolute atomic E-state index is 14.1. The number of β-lactam (4-membered cyclic amide) rings is 1. The normalized spacial score (nSPS) is 17.3. The second kappa shape index (κ2) is 16.9. The van der Waals surface area contributed by atoms with Crippen LogP contribution in [0.25, 0.3) is 0 Å². The number of thioether (sulfide) groups is 2. The molecule has 3 atom stereocenters. The summed E-state index contributed by atoms with van der Waals surface area (Å²) < 4.78 is 0. The third-order valence-corrected chi connectivity index (χ3v) is 12.3. The molecule has 2 aromatic heterocycles. The van der Waals surface area contributed by atoms with Gasteiger partial charge in [-0.2, -0.15) is 0 Å². The summed E-state index contributed by atoms with van der Waals surface area (Å²) in [6.45, 7) is 1.33. The first kappa shape index (κ1) is 39.0. The van der Waals surface area contributed by atoms with Crippen LogP contribution in [0.3, 0.4) is 0 Å². The molecule has 1 unspecified atom stereocenters. The van der Waals surface area contributed by atoms with Crippen molar-refractivity contribution in [3.05, 3.63) is 130 Å². The van der Waals surface area contributed by atoms with Gasteiger partial charge in [-0.3, -0.25) is 19.3 Å². The van der Waals surface area contributed by atoms with Crippen molar-refractivity contribution in [2.75, 3.05) is 29.3 Å². The first-order chi connectivity index (χ1) is 27.6. The molecule has 0 saturated carbocycles. The number of oxime groups is 1. The fraction of sp³-hybridized carbons (Fsp3) is 0.216. The first-order valence-electron chi connectivity index (χ1n) is 17.4. The molecule has 57 heavy (non-hydrogen) atoms. The van der Waals surface area contributed by atoms with Crippen molar-refractivity contribution < 1.29 is 29.1 Å². The predicted molar refractivity (Wildman–Crippen MR) is 214 cm³/mol. The van der Waals surface area contributed by atoms with Crippen LogP contribution in [0.1, 0.15) is 29.3 Å². The summed E-state index contributed by atoms with van der Waals surface area (Å²) in [5.74, 6) is 2.06. The van der Waals surface area contributed by atoms with Gasteiger partial charge in [-0.25, -0.2) is 9.78 Å². The Bertz CT molecular complexity index is 2240. The van der Waals surface area contributed by atoms with E-state index in [2.05, 4.69) is 31.3 Å². The van der Waals surface area contributed by atoms with E-state index in [-0.39, 0.29) is 40.4 Å². The lowest BCUT2D eigenvalue weighted by Crippen LogP contribution is -2.71. The Labute approximate surface area is 337 Å². The summed E-state index contributed by atoms with van der Waals surface area (Å²) in [6.07, 6.45) is 0. The van der Waals surface area contributed by atoms with Crippen LogP contribution >= 0.6 is 34.9 Å². The number of aliphatic carboxylic acids is 1. The number of amides is 3. The number of anilines is 1. The summed E-state index contributed by atoms with van der Waals surface area (Å²) >= 11 is 3.65. The van der Waals surface area contributed by atoms with E-state index >= 15 is 0 Å². The van der Waals surface area contributed by atoms with E-state index in [9.17, 15) is 24.3 Å². The number of rotatable bonds is 16. The van der Waals surface area contributed by atoms with Crippen molar-refractivity contribution in [3.8, 4) is 0 Å². The molecule has 0 radical (unpaired) electrons. The molecule has 4 heterocycles. The number of thiazole rings is 1. The van der Waals surface area contributed by atoms with Gasteiger partial charge in [0.2, 0.25) is 11.1 Å². The van der Waals surface area contributed by atoms with E-state index in [1.54, 1.807) is 12.3 Å². The molecule has 5 aromatic rings. The molecular weight excluding hydrogens is 791 g/mol. The summed E-state index contributed by atoms with van der Waals surface area (Å²) in [4.78, 5) is 64.2. The molecule has 1 saturated heterocycles. The number of primary amides is 1. The zero-order valence-corrected chi connectivity index (χ0v) is 32.5. The number of hydrogen-bond acceptors (Lipinski definition) is 15. The largest absolute Gasteiger partial charge is 0.477 e. The Hall–Kier alpha value is -6.25. The van der Waals surface area contributed by atoms with E-state index < -0.39 is 46.6 Å². The highest BCUT2D eigenvalue weighted by Crippen LogP contribution is 2.42. The van der Waals surface area contributed by atoms with Crippen molar-refractivity contribution >= 4 is 69.4 Å². The van der Waals surface area contributed by atoms with Crippen molar-refractivity contribution in [2.45, 2.75) is 29.0 Å². The Balaban J connectivity index is 1.17. The molecular formula is C37H35N11O6S3. The number of carboxylic acid groups (broad SMARTS) is 1. The molecule has 2 aliphatic rings. The number of nitrogens with two attached hydrogens (primary N) is 2. The van der Waals surface area contributed by atoms with E-state index in [0.29, 0.717) is 10.7 Å². The molecule has 3 aromatic carbocycles. The predicted octanol–water partition coefficient (Wildman–Crippen LogP) is 2.62. The minimum atomic E-state index is -1.29. The van der Waals surface area contributed by atoms with Crippen LogP contribution in [0.4, 0.5) is 5.13 Å². The monoisotopic (exact) mass is 825 g/mol. The number of tetrazole rings is 1. The average Bonchev–Trinajstić information content (AvgIpc) is 3.88.